The van der Waals surface area contributed by atoms with Gasteiger partial charge in [0.25, 0.3) is 5.91 Å². The zero-order valence-electron chi connectivity index (χ0n) is 35.2. The number of ether oxygens (including phenoxy) is 3. The van der Waals surface area contributed by atoms with Crippen LogP contribution in [-0.4, -0.2) is 104 Å². The molecule has 2 saturated carbocycles. The monoisotopic (exact) mass is 824 g/mol. The topological polar surface area (TPSA) is 186 Å². The Morgan fingerprint density at radius 2 is 1.84 bits per heavy atom. The van der Waals surface area contributed by atoms with E-state index in [0.29, 0.717) is 43.2 Å². The number of methoxy groups -OCH3 is 1. The molecule has 4 amide bonds. The predicted molar refractivity (Wildman–Crippen MR) is 220 cm³/mol. The third-order valence-corrected chi connectivity index (χ3v) is 14.3. The Kier molecular flexibility index (Phi) is 12.0. The van der Waals surface area contributed by atoms with Crippen LogP contribution in [0.5, 0.6) is 11.6 Å². The molecule has 1 saturated heterocycles. The lowest BCUT2D eigenvalue weighted by Crippen LogP contribution is -2.59. The molecule has 0 spiro atoms. The molecule has 1 aromatic carbocycles. The number of hydrogen-bond acceptors (Lipinski definition) is 11. The van der Waals surface area contributed by atoms with Gasteiger partial charge in [0.15, 0.2) is 0 Å². The molecule has 2 aliphatic heterocycles. The number of amides is 4. The number of rotatable bonds is 9. The number of alkyl carbamates (subject to hydrolysis) is 1. The van der Waals surface area contributed by atoms with E-state index in [0.717, 1.165) is 17.5 Å². The van der Waals surface area contributed by atoms with Crippen molar-refractivity contribution in [3.8, 4) is 11.6 Å². The Bertz CT molecular complexity index is 2060. The fourth-order valence-electron chi connectivity index (χ4n) is 8.12. The van der Waals surface area contributed by atoms with E-state index in [1.165, 1.54) is 4.90 Å². The number of anilines is 1. The molecular weight excluding hydrogens is 765 g/mol. The van der Waals surface area contributed by atoms with Crippen molar-refractivity contribution >= 4 is 50.3 Å². The highest BCUT2D eigenvalue weighted by molar-refractivity contribution is 7.91. The van der Waals surface area contributed by atoms with E-state index in [4.69, 9.17) is 14.2 Å². The average Bonchev–Trinajstić information content (AvgIpc) is 4.03. The van der Waals surface area contributed by atoms with Gasteiger partial charge in [-0.25, -0.2) is 18.2 Å². The van der Waals surface area contributed by atoms with E-state index in [1.54, 1.807) is 41.0 Å². The molecule has 7 unspecified atom stereocenters. The highest BCUT2D eigenvalue weighted by atomic mass is 32.2. The van der Waals surface area contributed by atoms with Gasteiger partial charge < -0.3 is 34.6 Å². The second-order valence-corrected chi connectivity index (χ2v) is 20.2. The van der Waals surface area contributed by atoms with Crippen molar-refractivity contribution in [3.05, 3.63) is 36.5 Å². The van der Waals surface area contributed by atoms with Gasteiger partial charge >= 0.3 is 6.09 Å². The Morgan fingerprint density at radius 3 is 2.48 bits per heavy atom. The van der Waals surface area contributed by atoms with Crippen LogP contribution in [0.4, 0.5) is 10.5 Å². The summed E-state index contributed by atoms with van der Waals surface area (Å²) >= 11 is 0. The van der Waals surface area contributed by atoms with Crippen molar-refractivity contribution < 1.29 is 41.8 Å². The van der Waals surface area contributed by atoms with Gasteiger partial charge in [-0.2, -0.15) is 0 Å². The first-order valence-corrected chi connectivity index (χ1v) is 21.9. The predicted octanol–water partition coefficient (Wildman–Crippen LogP) is 4.83. The number of carbonyl (C=O) groups is 4. The number of fused-ring (bicyclic) bond motifs is 3. The molecule has 1 aromatic heterocycles. The number of hydrogen-bond donors (Lipinski definition) is 3. The first kappa shape index (κ1) is 43.0. The fourth-order valence-corrected chi connectivity index (χ4v) is 9.43. The van der Waals surface area contributed by atoms with Crippen molar-refractivity contribution in [2.24, 2.45) is 17.8 Å². The fraction of sp³-hybridized carbons (Fsp3) is 0.643. The van der Waals surface area contributed by atoms with Gasteiger partial charge in [-0.15, -0.1) is 0 Å². The SMILES string of the molecule is CCC1CC(C)CCC=CC2CC2(C(=O)NS(=O)(=O)C2(C)CC2)NC(=O)C2CC(Oc3ncc(OC)c4cc(N(C)C)ccc34)CN2C(=O)C1NC(=O)OC(C)(C)C. The molecule has 0 radical (unpaired) electrons. The van der Waals surface area contributed by atoms with E-state index in [-0.39, 0.29) is 37.1 Å². The van der Waals surface area contributed by atoms with Crippen LogP contribution in [0.1, 0.15) is 92.9 Å². The smallest absolute Gasteiger partial charge is 0.408 e. The molecule has 58 heavy (non-hydrogen) atoms. The van der Waals surface area contributed by atoms with Crippen LogP contribution in [0.2, 0.25) is 0 Å². The number of nitrogens with one attached hydrogen (secondary N) is 3. The molecule has 7 atom stereocenters. The molecule has 6 rings (SSSR count). The number of allylic oxidation sites excluding steroid dienone is 1. The van der Waals surface area contributed by atoms with Gasteiger partial charge in [-0.05, 0) is 96.3 Å². The molecule has 0 bridgehead atoms. The summed E-state index contributed by atoms with van der Waals surface area (Å²) in [6.07, 6.45) is 7.66. The van der Waals surface area contributed by atoms with Crippen LogP contribution in [0.3, 0.4) is 0 Å². The van der Waals surface area contributed by atoms with Gasteiger partial charge in [-0.1, -0.05) is 32.4 Å². The summed E-state index contributed by atoms with van der Waals surface area (Å²) in [6.45, 7) is 10.9. The van der Waals surface area contributed by atoms with Crippen LogP contribution in [-0.2, 0) is 29.1 Å². The Labute approximate surface area is 342 Å². The summed E-state index contributed by atoms with van der Waals surface area (Å²) in [5, 5.41) is 7.23. The maximum Gasteiger partial charge on any atom is 0.408 e. The van der Waals surface area contributed by atoms with Crippen molar-refractivity contribution in [3.63, 3.8) is 0 Å². The maximum absolute atomic E-state index is 15.0. The zero-order valence-corrected chi connectivity index (χ0v) is 36.0. The normalized spacial score (nSPS) is 28.5. The lowest BCUT2D eigenvalue weighted by atomic mass is 9.85. The quantitative estimate of drug-likeness (QED) is 0.295. The second-order valence-electron chi connectivity index (χ2n) is 18.0. The molecule has 2 aliphatic carbocycles. The minimum Gasteiger partial charge on any atom is -0.494 e. The minimum absolute atomic E-state index is 0.0312. The lowest BCUT2D eigenvalue weighted by molar-refractivity contribution is -0.142. The number of sulfonamides is 1. The van der Waals surface area contributed by atoms with E-state index in [2.05, 4.69) is 27.3 Å². The summed E-state index contributed by atoms with van der Waals surface area (Å²) in [5.41, 5.74) is -1.43. The number of pyridine rings is 1. The molecule has 4 aliphatic rings. The summed E-state index contributed by atoms with van der Waals surface area (Å²) in [7, 11) is 1.42. The van der Waals surface area contributed by atoms with Crippen LogP contribution in [0, 0.1) is 17.8 Å². The Morgan fingerprint density at radius 1 is 1.12 bits per heavy atom. The maximum atomic E-state index is 15.0. The van der Waals surface area contributed by atoms with Gasteiger partial charge in [0, 0.05) is 42.9 Å². The first-order valence-electron chi connectivity index (χ1n) is 20.4. The Balaban J connectivity index is 1.38. The summed E-state index contributed by atoms with van der Waals surface area (Å²) < 4.78 is 45.6. The molecule has 2 aromatic rings. The van der Waals surface area contributed by atoms with Crippen LogP contribution < -0.4 is 29.7 Å². The van der Waals surface area contributed by atoms with E-state index < -0.39 is 73.8 Å². The van der Waals surface area contributed by atoms with Gasteiger partial charge in [-0.3, -0.25) is 19.1 Å². The molecule has 15 nitrogen and oxygen atoms in total. The molecule has 3 fully saturated rings. The molecular formula is C42H60N6O9S. The van der Waals surface area contributed by atoms with Crippen LogP contribution in [0.15, 0.2) is 36.5 Å². The molecule has 3 N–H and O–H groups in total. The summed E-state index contributed by atoms with van der Waals surface area (Å²) in [4.78, 5) is 65.0. The highest BCUT2D eigenvalue weighted by Gasteiger charge is 2.63. The summed E-state index contributed by atoms with van der Waals surface area (Å²) in [6, 6.07) is 3.59. The first-order chi connectivity index (χ1) is 27.2. The number of aromatic nitrogens is 1. The third kappa shape index (κ3) is 9.01. The van der Waals surface area contributed by atoms with Gasteiger partial charge in [0.05, 0.1) is 24.6 Å². The van der Waals surface area contributed by atoms with Crippen molar-refractivity contribution in [1.82, 2.24) is 25.2 Å². The number of nitrogens with zero attached hydrogens (tertiary/aromatic N) is 3. The molecule has 16 heteroatoms. The largest absolute Gasteiger partial charge is 0.494 e. The zero-order chi connectivity index (χ0) is 42.4. The number of benzene rings is 1. The average molecular weight is 825 g/mol. The van der Waals surface area contributed by atoms with Gasteiger partial charge in [0.2, 0.25) is 27.7 Å². The standard InChI is InChI=1S/C42H60N6O9S/c1-10-26-19-25(2)13-11-12-14-27-22-42(27,38(51)46-58(53,54)41(6)17-18-41)45-35(49)32-21-29(24-48(32)37(50)34(26)44-39(52)57-40(3,4)5)56-36-30-16-15-28(47(7)8)20-31(30)33(55-9)23-43-36/h12,14-16,20,23,25-27,29,32,34H,10-11,13,17-19,21-22,24H2,1-9H3,(H,44,52)(H,45,49)(H,46,51). The number of carbonyl (C=O) groups excluding carboxylic acids is 4. The Hall–Kier alpha value is -4.60. The minimum atomic E-state index is -4.01. The molecule has 3 heterocycles. The van der Waals surface area contributed by atoms with Gasteiger partial charge in [0.1, 0.15) is 35.1 Å². The van der Waals surface area contributed by atoms with Crippen LogP contribution in [0.25, 0.3) is 10.8 Å². The summed E-state index contributed by atoms with van der Waals surface area (Å²) in [5.74, 6) is -1.68. The second kappa shape index (κ2) is 16.2. The van der Waals surface area contributed by atoms with E-state index >= 15 is 4.79 Å². The van der Waals surface area contributed by atoms with E-state index in [9.17, 15) is 22.8 Å². The van der Waals surface area contributed by atoms with Crippen molar-refractivity contribution in [2.45, 2.75) is 127 Å². The third-order valence-electron chi connectivity index (χ3n) is 12.1. The highest BCUT2D eigenvalue weighted by Crippen LogP contribution is 2.48. The van der Waals surface area contributed by atoms with E-state index in [1.807, 2.05) is 56.3 Å². The lowest BCUT2D eigenvalue weighted by Gasteiger charge is -2.34. The van der Waals surface area contributed by atoms with Crippen molar-refractivity contribution in [1.29, 1.82) is 0 Å². The van der Waals surface area contributed by atoms with Crippen LogP contribution >= 0.6 is 0 Å². The van der Waals surface area contributed by atoms with Crippen molar-refractivity contribution in [2.75, 3.05) is 32.6 Å². The molecule has 318 valence electrons.